The van der Waals surface area contributed by atoms with E-state index in [4.69, 9.17) is 0 Å². The fraction of sp³-hybridized carbons (Fsp3) is 0.429. The lowest BCUT2D eigenvalue weighted by molar-refractivity contribution is -0.149. The van der Waals surface area contributed by atoms with Gasteiger partial charge in [-0.3, -0.25) is 4.79 Å². The predicted molar refractivity (Wildman–Crippen MR) is 39.9 cm³/mol. The second kappa shape index (κ2) is 4.49. The number of ketones is 1. The molecule has 0 atom stereocenters. The summed E-state index contributed by atoms with van der Waals surface area (Å²) in [4.78, 5) is 22.8. The number of hydrogen-bond donors (Lipinski definition) is 0. The highest BCUT2D eigenvalue weighted by molar-refractivity contribution is 6.38. The van der Waals surface area contributed by atoms with Gasteiger partial charge in [-0.25, -0.2) is 4.79 Å². The van der Waals surface area contributed by atoms with Gasteiger partial charge in [-0.15, -0.1) is 0 Å². The molecule has 0 N–H and O–H groups in total. The summed E-state index contributed by atoms with van der Waals surface area (Å²) < 4.78 is 4.19. The molecule has 4 heteroatoms. The van der Waals surface area contributed by atoms with Crippen LogP contribution in [0.2, 0.25) is 0 Å². The summed E-state index contributed by atoms with van der Waals surface area (Å²) in [5.41, 5.74) is 0. The van der Waals surface area contributed by atoms with Crippen molar-refractivity contribution in [2.75, 3.05) is 21.2 Å². The van der Waals surface area contributed by atoms with Crippen LogP contribution in [0.5, 0.6) is 0 Å². The first-order valence-corrected chi connectivity index (χ1v) is 3.05. The Labute approximate surface area is 65.4 Å². The lowest BCUT2D eigenvalue weighted by Crippen LogP contribution is -2.13. The number of hydrogen-bond acceptors (Lipinski definition) is 4. The zero-order chi connectivity index (χ0) is 8.85. The number of rotatable bonds is 3. The minimum absolute atomic E-state index is 0.652. The Kier molecular flexibility index (Phi) is 3.95. The minimum atomic E-state index is -0.844. The molecule has 11 heavy (non-hydrogen) atoms. The van der Waals surface area contributed by atoms with Gasteiger partial charge in [-0.1, -0.05) is 0 Å². The van der Waals surface area contributed by atoms with Crippen LogP contribution in [-0.4, -0.2) is 37.9 Å². The summed E-state index contributed by atoms with van der Waals surface area (Å²) in [5.74, 6) is -1.50. The maximum atomic E-state index is 10.7. The minimum Gasteiger partial charge on any atom is -0.463 e. The maximum absolute atomic E-state index is 10.7. The third-order valence-corrected chi connectivity index (χ3v) is 0.911. The molecule has 0 aliphatic heterocycles. The zero-order valence-corrected chi connectivity index (χ0v) is 6.83. The fourth-order valence-corrected chi connectivity index (χ4v) is 0.385. The summed E-state index contributed by atoms with van der Waals surface area (Å²) in [6.45, 7) is 0. The van der Waals surface area contributed by atoms with E-state index in [0.717, 1.165) is 6.08 Å². The van der Waals surface area contributed by atoms with Gasteiger partial charge in [0.25, 0.3) is 5.78 Å². The van der Waals surface area contributed by atoms with Crippen molar-refractivity contribution in [3.05, 3.63) is 12.3 Å². The van der Waals surface area contributed by atoms with Gasteiger partial charge in [-0.05, 0) is 0 Å². The van der Waals surface area contributed by atoms with E-state index >= 15 is 0 Å². The van der Waals surface area contributed by atoms with E-state index in [-0.39, 0.29) is 0 Å². The molecule has 0 bridgehead atoms. The van der Waals surface area contributed by atoms with Crippen molar-refractivity contribution in [2.24, 2.45) is 0 Å². The van der Waals surface area contributed by atoms with Crippen molar-refractivity contribution in [1.29, 1.82) is 0 Å². The lowest BCUT2D eigenvalue weighted by Gasteiger charge is -2.01. The molecule has 0 aliphatic carbocycles. The van der Waals surface area contributed by atoms with Gasteiger partial charge in [0.1, 0.15) is 0 Å². The van der Waals surface area contributed by atoms with Crippen LogP contribution < -0.4 is 0 Å². The predicted octanol–water partition coefficient (Wildman–Crippen LogP) is -0.196. The fourth-order valence-electron chi connectivity index (χ4n) is 0.385. The van der Waals surface area contributed by atoms with Crippen molar-refractivity contribution in [1.82, 2.24) is 4.90 Å². The molecule has 0 unspecified atom stereocenters. The second-order valence-corrected chi connectivity index (χ2v) is 2.14. The molecule has 4 nitrogen and oxygen atoms in total. The Balaban J connectivity index is 3.97. The Morgan fingerprint density at radius 3 is 2.27 bits per heavy atom. The molecule has 62 valence electrons. The van der Waals surface area contributed by atoms with Crippen molar-refractivity contribution in [3.63, 3.8) is 0 Å². The molecule has 0 heterocycles. The van der Waals surface area contributed by atoms with E-state index in [9.17, 15) is 9.59 Å². The number of nitrogens with zero attached hydrogens (tertiary/aromatic N) is 1. The molecule has 0 rings (SSSR count). The van der Waals surface area contributed by atoms with Gasteiger partial charge in [0, 0.05) is 26.4 Å². The van der Waals surface area contributed by atoms with E-state index < -0.39 is 11.8 Å². The molecular formula is C7H11NO3. The van der Waals surface area contributed by atoms with Gasteiger partial charge in [0.15, 0.2) is 0 Å². The monoisotopic (exact) mass is 157 g/mol. The molecule has 0 amide bonds. The molecule has 0 radical (unpaired) electrons. The average molecular weight is 157 g/mol. The largest absolute Gasteiger partial charge is 0.463 e. The average Bonchev–Trinajstić information content (AvgIpc) is 1.98. The third-order valence-electron chi connectivity index (χ3n) is 0.911. The highest BCUT2D eigenvalue weighted by atomic mass is 16.5. The Morgan fingerprint density at radius 2 is 1.91 bits per heavy atom. The topological polar surface area (TPSA) is 46.6 Å². The van der Waals surface area contributed by atoms with E-state index in [1.807, 2.05) is 0 Å². The third kappa shape index (κ3) is 4.13. The first-order chi connectivity index (χ1) is 5.07. The van der Waals surface area contributed by atoms with Crippen molar-refractivity contribution >= 4 is 11.8 Å². The van der Waals surface area contributed by atoms with Gasteiger partial charge < -0.3 is 9.64 Å². The first-order valence-electron chi connectivity index (χ1n) is 3.05. The maximum Gasteiger partial charge on any atom is 0.378 e. The van der Waals surface area contributed by atoms with E-state index in [1.165, 1.54) is 13.3 Å². The number of methoxy groups -OCH3 is 1. The molecule has 0 fully saturated rings. The van der Waals surface area contributed by atoms with Gasteiger partial charge in [0.05, 0.1) is 7.11 Å². The van der Waals surface area contributed by atoms with Crippen molar-refractivity contribution in [3.8, 4) is 0 Å². The number of carbonyl (C=O) groups is 2. The molecule has 0 aromatic carbocycles. The molecule has 0 saturated heterocycles. The van der Waals surface area contributed by atoms with Crippen LogP contribution in [0.1, 0.15) is 0 Å². The van der Waals surface area contributed by atoms with E-state index in [0.29, 0.717) is 0 Å². The van der Waals surface area contributed by atoms with Gasteiger partial charge in [0.2, 0.25) is 0 Å². The van der Waals surface area contributed by atoms with Crippen LogP contribution in [0.15, 0.2) is 12.3 Å². The quantitative estimate of drug-likeness (QED) is 0.323. The zero-order valence-electron chi connectivity index (χ0n) is 6.83. The lowest BCUT2D eigenvalue weighted by atomic mass is 10.4. The van der Waals surface area contributed by atoms with Crippen LogP contribution in [0.4, 0.5) is 0 Å². The molecule has 0 spiro atoms. The smallest absolute Gasteiger partial charge is 0.378 e. The van der Waals surface area contributed by atoms with Crippen LogP contribution in [-0.2, 0) is 14.3 Å². The number of carbonyl (C=O) groups excluding carboxylic acids is 2. The Hall–Kier alpha value is -1.32. The SMILES string of the molecule is COC(=O)C(=O)C=CN(C)C. The van der Waals surface area contributed by atoms with Crippen LogP contribution in [0.25, 0.3) is 0 Å². The summed E-state index contributed by atoms with van der Waals surface area (Å²) >= 11 is 0. The highest BCUT2D eigenvalue weighted by Gasteiger charge is 2.08. The Morgan fingerprint density at radius 1 is 1.36 bits per heavy atom. The molecule has 0 aliphatic rings. The van der Waals surface area contributed by atoms with Crippen LogP contribution >= 0.6 is 0 Å². The normalized spacial score (nSPS) is 9.73. The summed E-state index contributed by atoms with van der Waals surface area (Å²) in [5, 5.41) is 0. The Bertz CT molecular complexity index is 184. The molecule has 0 aromatic rings. The standard InChI is InChI=1S/C7H11NO3/c1-8(2)5-4-6(9)7(10)11-3/h4-5H,1-3H3. The summed E-state index contributed by atoms with van der Waals surface area (Å²) in [7, 11) is 4.67. The van der Waals surface area contributed by atoms with E-state index in [2.05, 4.69) is 4.74 Å². The van der Waals surface area contributed by atoms with Crippen LogP contribution in [0, 0.1) is 0 Å². The first kappa shape index (κ1) is 9.68. The van der Waals surface area contributed by atoms with Crippen molar-refractivity contribution < 1.29 is 14.3 Å². The van der Waals surface area contributed by atoms with E-state index in [1.54, 1.807) is 19.0 Å². The van der Waals surface area contributed by atoms with Gasteiger partial charge in [-0.2, -0.15) is 0 Å². The van der Waals surface area contributed by atoms with Crippen molar-refractivity contribution in [2.45, 2.75) is 0 Å². The molecule has 0 saturated carbocycles. The summed E-state index contributed by atoms with van der Waals surface area (Å²) in [6.07, 6.45) is 2.64. The van der Waals surface area contributed by atoms with Gasteiger partial charge >= 0.3 is 5.97 Å². The highest BCUT2D eigenvalue weighted by Crippen LogP contribution is 1.83. The number of ether oxygens (including phenoxy) is 1. The second-order valence-electron chi connectivity index (χ2n) is 2.14. The molecular weight excluding hydrogens is 146 g/mol. The number of esters is 1. The van der Waals surface area contributed by atoms with Crippen LogP contribution in [0.3, 0.4) is 0 Å². The molecule has 0 aromatic heterocycles. The summed E-state index contributed by atoms with van der Waals surface area (Å²) in [6, 6.07) is 0.